The van der Waals surface area contributed by atoms with Crippen LogP contribution in [0.5, 0.6) is 11.6 Å². The first-order valence-corrected chi connectivity index (χ1v) is 9.87. The van der Waals surface area contributed by atoms with E-state index in [0.717, 1.165) is 17.1 Å². The third-order valence-electron chi connectivity index (χ3n) is 5.12. The molecule has 1 unspecified atom stereocenters. The van der Waals surface area contributed by atoms with Gasteiger partial charge in [-0.15, -0.1) is 0 Å². The predicted octanol–water partition coefficient (Wildman–Crippen LogP) is 4.07. The topological polar surface area (TPSA) is 58.6 Å². The van der Waals surface area contributed by atoms with Gasteiger partial charge in [-0.2, -0.15) is 0 Å². The molecule has 154 valence electrons. The molecule has 1 aliphatic rings. The van der Waals surface area contributed by atoms with E-state index in [1.807, 2.05) is 38.1 Å². The Morgan fingerprint density at radius 1 is 1.10 bits per heavy atom. The number of rotatable bonds is 4. The van der Waals surface area contributed by atoms with Gasteiger partial charge in [0.05, 0.1) is 0 Å². The molecule has 0 spiro atoms. The molecule has 1 aliphatic heterocycles. The van der Waals surface area contributed by atoms with Crippen molar-refractivity contribution >= 4 is 11.7 Å². The fourth-order valence-electron chi connectivity index (χ4n) is 3.61. The zero-order chi connectivity index (χ0) is 21.1. The van der Waals surface area contributed by atoms with Crippen molar-refractivity contribution in [2.24, 2.45) is 0 Å². The standard InChI is InChI=1S/C23H23FN4O2/c1-16-5-3-8-20(11-16)30-22-13-21(25-15-26-22)27-9-10-28(17(2)14-27)23(29)18-6-4-7-19(24)12-18/h3-8,11-13,15,17H,9-10,14H2,1-2H3. The Bertz CT molecular complexity index is 1060. The maximum Gasteiger partial charge on any atom is 0.254 e. The van der Waals surface area contributed by atoms with Crippen molar-refractivity contribution in [1.29, 1.82) is 0 Å². The Hall–Kier alpha value is -3.48. The summed E-state index contributed by atoms with van der Waals surface area (Å²) >= 11 is 0. The number of amides is 1. The number of ether oxygens (including phenoxy) is 1. The van der Waals surface area contributed by atoms with Gasteiger partial charge >= 0.3 is 0 Å². The van der Waals surface area contributed by atoms with Crippen molar-refractivity contribution in [1.82, 2.24) is 14.9 Å². The van der Waals surface area contributed by atoms with E-state index in [0.29, 0.717) is 31.1 Å². The first kappa shape index (κ1) is 19.8. The number of aryl methyl sites for hydroxylation is 1. The minimum absolute atomic E-state index is 0.0503. The molecule has 0 saturated carbocycles. The van der Waals surface area contributed by atoms with E-state index >= 15 is 0 Å². The maximum atomic E-state index is 13.5. The van der Waals surface area contributed by atoms with E-state index in [2.05, 4.69) is 14.9 Å². The SMILES string of the molecule is Cc1cccc(Oc2cc(N3CCN(C(=O)c4cccc(F)c4)C(C)C3)ncn2)c1. The van der Waals surface area contributed by atoms with Crippen molar-refractivity contribution in [3.8, 4) is 11.6 Å². The Morgan fingerprint density at radius 3 is 2.70 bits per heavy atom. The molecule has 4 rings (SSSR count). The largest absolute Gasteiger partial charge is 0.439 e. The highest BCUT2D eigenvalue weighted by Gasteiger charge is 2.29. The summed E-state index contributed by atoms with van der Waals surface area (Å²) in [6.07, 6.45) is 1.48. The van der Waals surface area contributed by atoms with E-state index in [-0.39, 0.29) is 11.9 Å². The molecule has 0 radical (unpaired) electrons. The van der Waals surface area contributed by atoms with Gasteiger partial charge in [-0.25, -0.2) is 14.4 Å². The number of carbonyl (C=O) groups excluding carboxylic acids is 1. The van der Waals surface area contributed by atoms with Crippen molar-refractivity contribution in [2.45, 2.75) is 19.9 Å². The number of benzene rings is 2. The van der Waals surface area contributed by atoms with Crippen LogP contribution in [0.15, 0.2) is 60.9 Å². The molecule has 0 N–H and O–H groups in total. The molecule has 6 nitrogen and oxygen atoms in total. The van der Waals surface area contributed by atoms with Gasteiger partial charge in [-0.05, 0) is 49.7 Å². The molecule has 1 fully saturated rings. The fraction of sp³-hybridized carbons (Fsp3) is 0.261. The number of carbonyl (C=O) groups is 1. The molecule has 1 atom stereocenters. The van der Waals surface area contributed by atoms with Crippen LogP contribution in [0.1, 0.15) is 22.8 Å². The van der Waals surface area contributed by atoms with Crippen LogP contribution in [0.3, 0.4) is 0 Å². The first-order valence-electron chi connectivity index (χ1n) is 9.87. The van der Waals surface area contributed by atoms with Gasteiger partial charge in [-0.3, -0.25) is 4.79 Å². The highest BCUT2D eigenvalue weighted by molar-refractivity contribution is 5.94. The average molecular weight is 406 g/mol. The molecular weight excluding hydrogens is 383 g/mol. The summed E-state index contributed by atoms with van der Waals surface area (Å²) in [5, 5.41) is 0. The fourth-order valence-corrected chi connectivity index (χ4v) is 3.61. The lowest BCUT2D eigenvalue weighted by molar-refractivity contribution is 0.0673. The first-order chi connectivity index (χ1) is 14.5. The number of hydrogen-bond donors (Lipinski definition) is 0. The van der Waals surface area contributed by atoms with Crippen molar-refractivity contribution in [2.75, 3.05) is 24.5 Å². The Balaban J connectivity index is 1.45. The molecule has 30 heavy (non-hydrogen) atoms. The van der Waals surface area contributed by atoms with Gasteiger partial charge in [0.2, 0.25) is 5.88 Å². The lowest BCUT2D eigenvalue weighted by atomic mass is 10.1. The predicted molar refractivity (Wildman–Crippen MR) is 112 cm³/mol. The molecule has 0 aliphatic carbocycles. The molecular formula is C23H23FN4O2. The van der Waals surface area contributed by atoms with Crippen LogP contribution in [0.4, 0.5) is 10.2 Å². The molecule has 3 aromatic rings. The zero-order valence-corrected chi connectivity index (χ0v) is 17.0. The Labute approximate surface area is 174 Å². The number of nitrogens with zero attached hydrogens (tertiary/aromatic N) is 4. The molecule has 1 aromatic heterocycles. The minimum atomic E-state index is -0.408. The molecule has 2 heterocycles. The second-order valence-electron chi connectivity index (χ2n) is 7.44. The normalized spacial score (nSPS) is 16.4. The molecule has 2 aromatic carbocycles. The summed E-state index contributed by atoms with van der Waals surface area (Å²) in [5.74, 6) is 1.37. The number of halogens is 1. The third-order valence-corrected chi connectivity index (χ3v) is 5.12. The minimum Gasteiger partial charge on any atom is -0.439 e. The summed E-state index contributed by atoms with van der Waals surface area (Å²) in [6.45, 7) is 5.74. The summed E-state index contributed by atoms with van der Waals surface area (Å²) in [5.41, 5.74) is 1.47. The van der Waals surface area contributed by atoms with Gasteiger partial charge in [0.15, 0.2) is 0 Å². The Morgan fingerprint density at radius 2 is 1.93 bits per heavy atom. The quantitative estimate of drug-likeness (QED) is 0.654. The maximum absolute atomic E-state index is 13.5. The lowest BCUT2D eigenvalue weighted by Crippen LogP contribution is -2.54. The van der Waals surface area contributed by atoms with Crippen molar-refractivity contribution in [3.63, 3.8) is 0 Å². The van der Waals surface area contributed by atoms with Gasteiger partial charge in [-0.1, -0.05) is 18.2 Å². The van der Waals surface area contributed by atoms with Gasteiger partial charge in [0.1, 0.15) is 23.7 Å². The van der Waals surface area contributed by atoms with E-state index in [4.69, 9.17) is 4.74 Å². The molecule has 1 amide bonds. The molecule has 7 heteroatoms. The smallest absolute Gasteiger partial charge is 0.254 e. The number of piperazine rings is 1. The average Bonchev–Trinajstić information content (AvgIpc) is 2.73. The number of aromatic nitrogens is 2. The summed E-state index contributed by atoms with van der Waals surface area (Å²) in [4.78, 5) is 25.2. The highest BCUT2D eigenvalue weighted by atomic mass is 19.1. The number of anilines is 1. The van der Waals surface area contributed by atoms with Crippen molar-refractivity contribution < 1.29 is 13.9 Å². The van der Waals surface area contributed by atoms with E-state index < -0.39 is 5.82 Å². The van der Waals surface area contributed by atoms with E-state index in [1.165, 1.54) is 18.5 Å². The molecule has 1 saturated heterocycles. The Kier molecular flexibility index (Phi) is 5.61. The summed E-state index contributed by atoms with van der Waals surface area (Å²) < 4.78 is 19.4. The van der Waals surface area contributed by atoms with Crippen LogP contribution in [0, 0.1) is 12.7 Å². The van der Waals surface area contributed by atoms with Gasteiger partial charge < -0.3 is 14.5 Å². The van der Waals surface area contributed by atoms with Crippen LogP contribution in [0.25, 0.3) is 0 Å². The van der Waals surface area contributed by atoms with E-state index in [1.54, 1.807) is 23.1 Å². The van der Waals surface area contributed by atoms with Gasteiger partial charge in [0, 0.05) is 37.3 Å². The highest BCUT2D eigenvalue weighted by Crippen LogP contribution is 2.25. The van der Waals surface area contributed by atoms with Crippen LogP contribution in [-0.4, -0.2) is 46.5 Å². The second-order valence-corrected chi connectivity index (χ2v) is 7.44. The van der Waals surface area contributed by atoms with E-state index in [9.17, 15) is 9.18 Å². The molecule has 0 bridgehead atoms. The van der Waals surface area contributed by atoms with Crippen LogP contribution in [0.2, 0.25) is 0 Å². The van der Waals surface area contributed by atoms with Crippen molar-refractivity contribution in [3.05, 3.63) is 77.9 Å². The van der Waals surface area contributed by atoms with Crippen LogP contribution >= 0.6 is 0 Å². The summed E-state index contributed by atoms with van der Waals surface area (Å²) in [7, 11) is 0. The number of hydrogen-bond acceptors (Lipinski definition) is 5. The third kappa shape index (κ3) is 4.40. The monoisotopic (exact) mass is 406 g/mol. The zero-order valence-electron chi connectivity index (χ0n) is 17.0. The van der Waals surface area contributed by atoms with Crippen LogP contribution in [-0.2, 0) is 0 Å². The second kappa shape index (κ2) is 8.49. The van der Waals surface area contributed by atoms with Gasteiger partial charge in [0.25, 0.3) is 5.91 Å². The van der Waals surface area contributed by atoms with Crippen LogP contribution < -0.4 is 9.64 Å². The lowest BCUT2D eigenvalue weighted by Gasteiger charge is -2.40. The summed E-state index contributed by atoms with van der Waals surface area (Å²) in [6, 6.07) is 15.3.